The molecule has 3 aromatic rings. The zero-order valence-electron chi connectivity index (χ0n) is 12.2. The summed E-state index contributed by atoms with van der Waals surface area (Å²) in [6.07, 6.45) is 0.632. The number of nitrogens with one attached hydrogen (secondary N) is 1. The Balaban J connectivity index is 1.59. The van der Waals surface area contributed by atoms with Crippen molar-refractivity contribution in [1.82, 2.24) is 10.1 Å². The summed E-state index contributed by atoms with van der Waals surface area (Å²) in [5, 5.41) is 7.22. The molecule has 0 saturated heterocycles. The van der Waals surface area contributed by atoms with E-state index < -0.39 is 0 Å². The van der Waals surface area contributed by atoms with Crippen molar-refractivity contribution in [2.75, 3.05) is 11.9 Å². The van der Waals surface area contributed by atoms with Gasteiger partial charge in [0, 0.05) is 24.2 Å². The van der Waals surface area contributed by atoms with Crippen LogP contribution in [-0.2, 0) is 6.42 Å². The summed E-state index contributed by atoms with van der Waals surface area (Å²) in [6.45, 7) is 2.75. The van der Waals surface area contributed by atoms with E-state index in [0.717, 1.165) is 5.69 Å². The maximum atomic E-state index is 13.2. The molecule has 0 amide bonds. The minimum atomic E-state index is -0.321. The highest BCUT2D eigenvalue weighted by molar-refractivity contribution is 5.52. The van der Waals surface area contributed by atoms with Crippen LogP contribution in [0.1, 0.15) is 11.4 Å². The van der Waals surface area contributed by atoms with Gasteiger partial charge in [0.15, 0.2) is 5.82 Å². The van der Waals surface area contributed by atoms with Crippen LogP contribution in [-0.4, -0.2) is 16.7 Å². The molecule has 0 atom stereocenters. The quantitative estimate of drug-likeness (QED) is 0.777. The van der Waals surface area contributed by atoms with Crippen LogP contribution in [0.25, 0.3) is 11.5 Å². The van der Waals surface area contributed by atoms with Crippen molar-refractivity contribution in [2.45, 2.75) is 13.3 Å². The van der Waals surface area contributed by atoms with E-state index >= 15 is 0 Å². The van der Waals surface area contributed by atoms with Gasteiger partial charge in [-0.3, -0.25) is 0 Å². The van der Waals surface area contributed by atoms with Crippen molar-refractivity contribution >= 4 is 5.69 Å². The van der Waals surface area contributed by atoms with Crippen molar-refractivity contribution in [3.63, 3.8) is 0 Å². The van der Waals surface area contributed by atoms with Gasteiger partial charge in [0.05, 0.1) is 0 Å². The van der Waals surface area contributed by atoms with Crippen molar-refractivity contribution in [3.8, 4) is 11.5 Å². The summed E-state index contributed by atoms with van der Waals surface area (Å²) >= 11 is 0. The first-order valence-electron chi connectivity index (χ1n) is 7.10. The Kier molecular flexibility index (Phi) is 4.14. The topological polar surface area (TPSA) is 51.0 Å². The monoisotopic (exact) mass is 297 g/mol. The minimum absolute atomic E-state index is 0.321. The highest BCUT2D eigenvalue weighted by Crippen LogP contribution is 2.18. The van der Waals surface area contributed by atoms with Crippen LogP contribution in [0.2, 0.25) is 0 Å². The molecule has 1 heterocycles. The molecule has 4 nitrogen and oxygen atoms in total. The third-order valence-electron chi connectivity index (χ3n) is 3.27. The highest BCUT2D eigenvalue weighted by atomic mass is 19.1. The van der Waals surface area contributed by atoms with Crippen molar-refractivity contribution in [2.24, 2.45) is 0 Å². The van der Waals surface area contributed by atoms with E-state index in [1.807, 2.05) is 12.1 Å². The molecule has 0 spiro atoms. The van der Waals surface area contributed by atoms with Crippen LogP contribution in [0.15, 0.2) is 53.1 Å². The number of rotatable bonds is 5. The van der Waals surface area contributed by atoms with E-state index in [-0.39, 0.29) is 5.82 Å². The molecule has 3 rings (SSSR count). The maximum absolute atomic E-state index is 13.2. The molecule has 112 valence electrons. The van der Waals surface area contributed by atoms with Gasteiger partial charge in [0.1, 0.15) is 5.82 Å². The van der Waals surface area contributed by atoms with Gasteiger partial charge in [0.25, 0.3) is 5.89 Å². The van der Waals surface area contributed by atoms with Crippen molar-refractivity contribution in [3.05, 3.63) is 65.7 Å². The zero-order valence-corrected chi connectivity index (χ0v) is 12.2. The highest BCUT2D eigenvalue weighted by Gasteiger charge is 2.09. The Morgan fingerprint density at radius 3 is 2.73 bits per heavy atom. The van der Waals surface area contributed by atoms with Crippen LogP contribution in [0, 0.1) is 12.7 Å². The summed E-state index contributed by atoms with van der Waals surface area (Å²) in [5.41, 5.74) is 2.87. The van der Waals surface area contributed by atoms with Crippen molar-refractivity contribution < 1.29 is 8.91 Å². The number of aromatic nitrogens is 2. The van der Waals surface area contributed by atoms with Gasteiger partial charge in [0.2, 0.25) is 0 Å². The first-order valence-corrected chi connectivity index (χ1v) is 7.10. The third kappa shape index (κ3) is 3.49. The lowest BCUT2D eigenvalue weighted by Gasteiger charge is -2.04. The minimum Gasteiger partial charge on any atom is -0.385 e. The summed E-state index contributed by atoms with van der Waals surface area (Å²) in [6, 6.07) is 14.3. The molecular weight excluding hydrogens is 281 g/mol. The summed E-state index contributed by atoms with van der Waals surface area (Å²) in [4.78, 5) is 4.28. The van der Waals surface area contributed by atoms with E-state index in [0.29, 0.717) is 30.2 Å². The van der Waals surface area contributed by atoms with Gasteiger partial charge < -0.3 is 9.84 Å². The van der Waals surface area contributed by atoms with Gasteiger partial charge in [-0.1, -0.05) is 28.9 Å². The molecule has 0 fully saturated rings. The number of aryl methyl sites for hydroxylation is 1. The number of hydrogen-bond donors (Lipinski definition) is 1. The standard InChI is InChI=1S/C17H16FN3O/c1-12-5-7-15(8-6-12)19-10-9-16-20-17(22-21-16)13-3-2-4-14(18)11-13/h2-8,11,19H,9-10H2,1H3. The normalized spacial score (nSPS) is 10.6. The molecule has 0 saturated carbocycles. The number of anilines is 1. The second kappa shape index (κ2) is 6.39. The number of halogens is 1. The Morgan fingerprint density at radius 2 is 1.95 bits per heavy atom. The predicted molar refractivity (Wildman–Crippen MR) is 83.1 cm³/mol. The van der Waals surface area contributed by atoms with Crippen LogP contribution in [0.3, 0.4) is 0 Å². The third-order valence-corrected chi connectivity index (χ3v) is 3.27. The van der Waals surface area contributed by atoms with E-state index in [2.05, 4.69) is 34.5 Å². The zero-order chi connectivity index (χ0) is 15.4. The van der Waals surface area contributed by atoms with E-state index in [4.69, 9.17) is 4.52 Å². The van der Waals surface area contributed by atoms with Crippen LogP contribution < -0.4 is 5.32 Å². The molecule has 0 radical (unpaired) electrons. The van der Waals surface area contributed by atoms with Gasteiger partial charge in [-0.25, -0.2) is 4.39 Å². The predicted octanol–water partition coefficient (Wildman–Crippen LogP) is 3.84. The molecule has 0 aliphatic heterocycles. The van der Waals surface area contributed by atoms with E-state index in [9.17, 15) is 4.39 Å². The van der Waals surface area contributed by atoms with E-state index in [1.54, 1.807) is 12.1 Å². The second-order valence-corrected chi connectivity index (χ2v) is 5.07. The van der Waals surface area contributed by atoms with Gasteiger partial charge in [-0.2, -0.15) is 4.98 Å². The Morgan fingerprint density at radius 1 is 1.14 bits per heavy atom. The molecule has 1 aromatic heterocycles. The lowest BCUT2D eigenvalue weighted by atomic mass is 10.2. The number of benzene rings is 2. The van der Waals surface area contributed by atoms with Crippen LogP contribution in [0.5, 0.6) is 0 Å². The number of nitrogens with zero attached hydrogens (tertiary/aromatic N) is 2. The first kappa shape index (κ1) is 14.3. The lowest BCUT2D eigenvalue weighted by molar-refractivity contribution is 0.422. The van der Waals surface area contributed by atoms with Crippen LogP contribution >= 0.6 is 0 Å². The summed E-state index contributed by atoms with van der Waals surface area (Å²) < 4.78 is 18.3. The molecule has 0 bridgehead atoms. The molecule has 0 unspecified atom stereocenters. The fraction of sp³-hybridized carbons (Fsp3) is 0.176. The largest absolute Gasteiger partial charge is 0.385 e. The Hall–Kier alpha value is -2.69. The fourth-order valence-electron chi connectivity index (χ4n) is 2.08. The van der Waals surface area contributed by atoms with Crippen LogP contribution in [0.4, 0.5) is 10.1 Å². The summed E-state index contributed by atoms with van der Waals surface area (Å²) in [7, 11) is 0. The second-order valence-electron chi connectivity index (χ2n) is 5.07. The van der Waals surface area contributed by atoms with E-state index in [1.165, 1.54) is 17.7 Å². The fourth-order valence-corrected chi connectivity index (χ4v) is 2.08. The van der Waals surface area contributed by atoms with Gasteiger partial charge in [-0.15, -0.1) is 0 Å². The molecule has 1 N–H and O–H groups in total. The maximum Gasteiger partial charge on any atom is 0.258 e. The van der Waals surface area contributed by atoms with Gasteiger partial charge in [-0.05, 0) is 37.3 Å². The first-order chi connectivity index (χ1) is 10.7. The number of hydrogen-bond acceptors (Lipinski definition) is 4. The molecule has 22 heavy (non-hydrogen) atoms. The molecule has 5 heteroatoms. The van der Waals surface area contributed by atoms with Gasteiger partial charge >= 0.3 is 0 Å². The molecule has 0 aliphatic carbocycles. The SMILES string of the molecule is Cc1ccc(NCCc2noc(-c3cccc(F)c3)n2)cc1. The average Bonchev–Trinajstić information content (AvgIpc) is 2.98. The molecule has 2 aromatic carbocycles. The summed E-state index contributed by atoms with van der Waals surface area (Å²) in [5.74, 6) is 0.613. The average molecular weight is 297 g/mol. The molecule has 0 aliphatic rings. The van der Waals surface area contributed by atoms with Crippen molar-refractivity contribution in [1.29, 1.82) is 0 Å². The lowest BCUT2D eigenvalue weighted by Crippen LogP contribution is -2.05. The Bertz CT molecular complexity index is 753. The Labute approximate surface area is 128 Å². The molecular formula is C17H16FN3O. The smallest absolute Gasteiger partial charge is 0.258 e.